The molecule has 1 aromatic rings. The molecule has 2 rings (SSSR count). The number of carbonyl (C=O) groups excluding carboxylic acids is 1. The third-order valence-electron chi connectivity index (χ3n) is 4.03. The average molecular weight is 303 g/mol. The first kappa shape index (κ1) is 16.3. The van der Waals surface area contributed by atoms with E-state index in [2.05, 4.69) is 30.3 Å². The van der Waals surface area contributed by atoms with Gasteiger partial charge in [-0.3, -0.25) is 4.68 Å². The van der Waals surface area contributed by atoms with E-state index in [1.807, 2.05) is 9.58 Å². The fourth-order valence-electron chi connectivity index (χ4n) is 2.77. The lowest BCUT2D eigenvalue weighted by Crippen LogP contribution is -2.43. The fraction of sp³-hybridized carbons (Fsp3) is 0.688. The van der Waals surface area contributed by atoms with Crippen molar-refractivity contribution in [2.45, 2.75) is 65.1 Å². The van der Waals surface area contributed by atoms with Gasteiger partial charge in [0.25, 0.3) is 0 Å². The summed E-state index contributed by atoms with van der Waals surface area (Å²) in [6.07, 6.45) is 5.43. The van der Waals surface area contributed by atoms with Crippen molar-refractivity contribution in [3.8, 4) is 6.07 Å². The third-order valence-corrected chi connectivity index (χ3v) is 4.03. The zero-order valence-corrected chi connectivity index (χ0v) is 13.5. The summed E-state index contributed by atoms with van der Waals surface area (Å²) in [5.74, 6) is 0. The first-order chi connectivity index (χ1) is 10.6. The Bertz CT molecular complexity index is 545. The molecule has 2 heterocycles. The number of aromatic nitrogens is 2. The predicted octanol–water partition coefficient (Wildman–Crippen LogP) is 2.64. The third kappa shape index (κ3) is 4.23. The van der Waals surface area contributed by atoms with Crippen LogP contribution in [0.25, 0.3) is 0 Å². The summed E-state index contributed by atoms with van der Waals surface area (Å²) in [5.41, 5.74) is 1.35. The van der Waals surface area contributed by atoms with Crippen LogP contribution in [0.15, 0.2) is 6.07 Å². The number of hydrogen-bond donors (Lipinski definition) is 1. The second-order valence-electron chi connectivity index (χ2n) is 5.98. The predicted molar refractivity (Wildman–Crippen MR) is 84.1 cm³/mol. The van der Waals surface area contributed by atoms with Gasteiger partial charge in [-0.15, -0.1) is 0 Å². The van der Waals surface area contributed by atoms with E-state index < -0.39 is 0 Å². The Labute approximate surface area is 132 Å². The smallest absolute Gasteiger partial charge is 0.317 e. The van der Waals surface area contributed by atoms with Gasteiger partial charge in [0.1, 0.15) is 6.07 Å². The summed E-state index contributed by atoms with van der Waals surface area (Å²) in [6.45, 7) is 6.23. The number of fused-ring (bicyclic) bond motifs is 1. The van der Waals surface area contributed by atoms with E-state index in [1.165, 1.54) is 12.8 Å². The van der Waals surface area contributed by atoms with Crippen LogP contribution >= 0.6 is 0 Å². The fourth-order valence-corrected chi connectivity index (χ4v) is 2.77. The van der Waals surface area contributed by atoms with Crippen LogP contribution in [-0.4, -0.2) is 33.3 Å². The molecule has 2 amide bonds. The van der Waals surface area contributed by atoms with Gasteiger partial charge in [0.05, 0.1) is 12.2 Å². The maximum Gasteiger partial charge on any atom is 0.317 e. The molecule has 1 atom stereocenters. The lowest BCUT2D eigenvalue weighted by molar-refractivity contribution is 0.192. The number of rotatable bonds is 5. The van der Waals surface area contributed by atoms with Crippen molar-refractivity contribution in [1.82, 2.24) is 20.0 Å². The Balaban J connectivity index is 1.91. The van der Waals surface area contributed by atoms with Gasteiger partial charge in [-0.2, -0.15) is 10.4 Å². The number of aryl methyl sites for hydroxylation is 1. The SMILES string of the molecule is CCCCC[C@@H](C)NC(=O)N1CCCn2nc(C#N)cc2C1. The van der Waals surface area contributed by atoms with Crippen LogP contribution < -0.4 is 5.32 Å². The minimum Gasteiger partial charge on any atom is -0.336 e. The molecule has 1 N–H and O–H groups in total. The van der Waals surface area contributed by atoms with Crippen LogP contribution in [0.4, 0.5) is 4.79 Å². The Kier molecular flexibility index (Phi) is 5.82. The first-order valence-electron chi connectivity index (χ1n) is 8.16. The number of nitrogens with zero attached hydrogens (tertiary/aromatic N) is 4. The molecule has 0 bridgehead atoms. The topological polar surface area (TPSA) is 74.0 Å². The minimum atomic E-state index is -0.0165. The number of carbonyl (C=O) groups is 1. The van der Waals surface area contributed by atoms with Crippen LogP contribution in [0, 0.1) is 11.3 Å². The second-order valence-corrected chi connectivity index (χ2v) is 5.98. The van der Waals surface area contributed by atoms with Gasteiger partial charge in [-0.1, -0.05) is 26.2 Å². The highest BCUT2D eigenvalue weighted by Crippen LogP contribution is 2.14. The summed E-state index contributed by atoms with van der Waals surface area (Å²) in [6, 6.07) is 4.01. The highest BCUT2D eigenvalue weighted by Gasteiger charge is 2.21. The van der Waals surface area contributed by atoms with E-state index in [-0.39, 0.29) is 12.1 Å². The Morgan fingerprint density at radius 2 is 2.32 bits per heavy atom. The molecule has 1 aromatic heterocycles. The minimum absolute atomic E-state index is 0.0165. The largest absolute Gasteiger partial charge is 0.336 e. The molecular weight excluding hydrogens is 278 g/mol. The van der Waals surface area contributed by atoms with Crippen LogP contribution in [0.3, 0.4) is 0 Å². The molecule has 0 radical (unpaired) electrons. The number of nitriles is 1. The van der Waals surface area contributed by atoms with E-state index in [0.717, 1.165) is 38.0 Å². The van der Waals surface area contributed by atoms with E-state index in [0.29, 0.717) is 12.2 Å². The highest BCUT2D eigenvalue weighted by molar-refractivity contribution is 5.74. The highest BCUT2D eigenvalue weighted by atomic mass is 16.2. The van der Waals surface area contributed by atoms with E-state index in [1.54, 1.807) is 6.07 Å². The quantitative estimate of drug-likeness (QED) is 0.850. The number of unbranched alkanes of at least 4 members (excludes halogenated alkanes) is 2. The van der Waals surface area contributed by atoms with Crippen molar-refractivity contribution >= 4 is 6.03 Å². The summed E-state index contributed by atoms with van der Waals surface area (Å²) in [7, 11) is 0. The van der Waals surface area contributed by atoms with Crippen molar-refractivity contribution in [3.05, 3.63) is 17.5 Å². The van der Waals surface area contributed by atoms with Gasteiger partial charge in [0, 0.05) is 19.1 Å². The molecule has 6 nitrogen and oxygen atoms in total. The number of nitrogens with one attached hydrogen (secondary N) is 1. The lowest BCUT2D eigenvalue weighted by Gasteiger charge is -2.23. The van der Waals surface area contributed by atoms with E-state index in [9.17, 15) is 4.79 Å². The molecule has 120 valence electrons. The van der Waals surface area contributed by atoms with Crippen molar-refractivity contribution in [1.29, 1.82) is 5.26 Å². The summed E-state index contributed by atoms with van der Waals surface area (Å²) >= 11 is 0. The summed E-state index contributed by atoms with van der Waals surface area (Å²) in [5, 5.41) is 16.2. The van der Waals surface area contributed by atoms with E-state index in [4.69, 9.17) is 5.26 Å². The monoisotopic (exact) mass is 303 g/mol. The van der Waals surface area contributed by atoms with Crippen LogP contribution in [0.5, 0.6) is 0 Å². The van der Waals surface area contributed by atoms with Crippen molar-refractivity contribution in [3.63, 3.8) is 0 Å². The molecule has 0 unspecified atom stereocenters. The van der Waals surface area contributed by atoms with Gasteiger partial charge in [0.15, 0.2) is 5.69 Å². The van der Waals surface area contributed by atoms with Crippen molar-refractivity contribution in [2.75, 3.05) is 6.54 Å². The maximum absolute atomic E-state index is 12.4. The molecule has 22 heavy (non-hydrogen) atoms. The summed E-state index contributed by atoms with van der Waals surface area (Å²) < 4.78 is 1.84. The average Bonchev–Trinajstić information content (AvgIpc) is 2.78. The van der Waals surface area contributed by atoms with Gasteiger partial charge in [-0.25, -0.2) is 4.79 Å². The lowest BCUT2D eigenvalue weighted by atomic mass is 10.1. The van der Waals surface area contributed by atoms with Crippen LogP contribution in [-0.2, 0) is 13.1 Å². The molecule has 0 saturated heterocycles. The zero-order chi connectivity index (χ0) is 15.9. The van der Waals surface area contributed by atoms with Crippen molar-refractivity contribution in [2.24, 2.45) is 0 Å². The van der Waals surface area contributed by atoms with Crippen LogP contribution in [0.1, 0.15) is 57.3 Å². The van der Waals surface area contributed by atoms with Crippen molar-refractivity contribution < 1.29 is 4.79 Å². The van der Waals surface area contributed by atoms with Gasteiger partial charge in [0.2, 0.25) is 0 Å². The molecule has 0 aromatic carbocycles. The second kappa shape index (κ2) is 7.83. The molecular formula is C16H25N5O. The molecule has 0 saturated carbocycles. The number of amides is 2. The standard InChI is InChI=1S/C16H25N5O/c1-3-4-5-7-13(2)18-16(22)20-8-6-9-21-15(12-20)10-14(11-17)19-21/h10,13H,3-9,12H2,1-2H3,(H,18,22)/t13-/m1/s1. The summed E-state index contributed by atoms with van der Waals surface area (Å²) in [4.78, 5) is 14.2. The maximum atomic E-state index is 12.4. The van der Waals surface area contributed by atoms with Crippen LogP contribution in [0.2, 0.25) is 0 Å². The normalized spacial score (nSPS) is 15.6. The van der Waals surface area contributed by atoms with Gasteiger partial charge >= 0.3 is 6.03 Å². The Hall–Kier alpha value is -2.03. The molecule has 6 heteroatoms. The molecule has 1 aliphatic heterocycles. The van der Waals surface area contributed by atoms with E-state index >= 15 is 0 Å². The number of hydrogen-bond acceptors (Lipinski definition) is 3. The molecule has 0 fully saturated rings. The molecule has 0 aliphatic carbocycles. The Morgan fingerprint density at radius 3 is 3.05 bits per heavy atom. The van der Waals surface area contributed by atoms with Gasteiger partial charge in [-0.05, 0) is 25.8 Å². The first-order valence-corrected chi connectivity index (χ1v) is 8.16. The van der Waals surface area contributed by atoms with Gasteiger partial charge < -0.3 is 10.2 Å². The Morgan fingerprint density at radius 1 is 1.50 bits per heavy atom. The molecule has 0 spiro atoms. The molecule has 1 aliphatic rings. The zero-order valence-electron chi connectivity index (χ0n) is 13.5. The number of urea groups is 1.